The molecule has 8 aromatic carbocycles. The Labute approximate surface area is 322 Å². The summed E-state index contributed by atoms with van der Waals surface area (Å²) in [4.78, 5) is 23.4. The second-order valence-electron chi connectivity index (χ2n) is 13.8. The first-order chi connectivity index (χ1) is 27.2. The Kier molecular flexibility index (Phi) is 7.96. The Morgan fingerprint density at radius 2 is 0.679 bits per heavy atom. The van der Waals surface area contributed by atoms with E-state index in [4.69, 9.17) is 18.1 Å². The SMILES string of the molecule is O=P1(O)Oc2c(cc3ccccc3c2-c2c3c(cc4ccccc24)C(c2ccccc2)(c2ccccc2)OP(=O)(O)O3)C(c2ccccc2)(c2ccccc2)O1. The summed E-state index contributed by atoms with van der Waals surface area (Å²) in [6.45, 7) is 0. The van der Waals surface area contributed by atoms with Crippen molar-refractivity contribution in [1.82, 2.24) is 0 Å². The molecular formula is C46H32O8P2. The van der Waals surface area contributed by atoms with Gasteiger partial charge in [-0.25, -0.2) is 9.13 Å². The summed E-state index contributed by atoms with van der Waals surface area (Å²) in [5.41, 5.74) is 0.839. The van der Waals surface area contributed by atoms with Crippen molar-refractivity contribution in [3.05, 3.63) is 215 Å². The summed E-state index contributed by atoms with van der Waals surface area (Å²) < 4.78 is 53.8. The van der Waals surface area contributed by atoms with Gasteiger partial charge < -0.3 is 9.05 Å². The Balaban J connectivity index is 1.42. The molecule has 0 radical (unpaired) electrons. The van der Waals surface area contributed by atoms with Crippen molar-refractivity contribution < 1.29 is 37.0 Å². The summed E-state index contributed by atoms with van der Waals surface area (Å²) in [6, 6.07) is 56.2. The molecule has 0 fully saturated rings. The van der Waals surface area contributed by atoms with Crippen molar-refractivity contribution in [3.8, 4) is 22.6 Å². The first-order valence-corrected chi connectivity index (χ1v) is 21.0. The van der Waals surface area contributed by atoms with Crippen molar-refractivity contribution in [2.24, 2.45) is 0 Å². The van der Waals surface area contributed by atoms with Crippen LogP contribution >= 0.6 is 15.6 Å². The lowest BCUT2D eigenvalue weighted by atomic mass is 9.75. The Hall–Kier alpha value is -5.82. The molecule has 2 atom stereocenters. The van der Waals surface area contributed by atoms with Crippen LogP contribution in [0.5, 0.6) is 11.5 Å². The Morgan fingerprint density at radius 1 is 0.393 bits per heavy atom. The molecule has 2 heterocycles. The lowest BCUT2D eigenvalue weighted by Crippen LogP contribution is -2.36. The number of hydrogen-bond donors (Lipinski definition) is 2. The summed E-state index contributed by atoms with van der Waals surface area (Å²) in [5, 5.41) is 2.82. The highest BCUT2D eigenvalue weighted by Crippen LogP contribution is 2.68. The molecular weight excluding hydrogens is 742 g/mol. The molecule has 0 aliphatic carbocycles. The number of fused-ring (bicyclic) bond motifs is 4. The van der Waals surface area contributed by atoms with E-state index in [1.807, 2.05) is 182 Å². The fraction of sp³-hybridized carbons (Fsp3) is 0.0435. The van der Waals surface area contributed by atoms with Crippen molar-refractivity contribution in [2.45, 2.75) is 11.2 Å². The monoisotopic (exact) mass is 774 g/mol. The standard InChI is InChI=1S/C46H32O8P2/c47-55(48)51-43-39(45(53-55,33-19-5-1-6-20-33)34-21-7-2-8-22-34)29-31-17-13-15-27-37(31)41(43)42-38-28-16-14-18-32(38)30-40-44(42)52-56(49,50)54-46(40,35-23-9-3-10-24-35)36-25-11-4-12-26-36/h1-30H,(H,47,48)(H,49,50). The van der Waals surface area contributed by atoms with E-state index in [1.165, 1.54) is 0 Å². The maximum Gasteiger partial charge on any atom is 0.529 e. The predicted molar refractivity (Wildman–Crippen MR) is 215 cm³/mol. The number of hydrogen-bond acceptors (Lipinski definition) is 6. The van der Waals surface area contributed by atoms with Gasteiger partial charge in [-0.3, -0.25) is 18.8 Å². The van der Waals surface area contributed by atoms with E-state index in [0.717, 1.165) is 10.8 Å². The van der Waals surface area contributed by atoms with Gasteiger partial charge in [0.1, 0.15) is 11.5 Å². The lowest BCUT2D eigenvalue weighted by Gasteiger charge is -2.43. The molecule has 10 heteroatoms. The fourth-order valence-electron chi connectivity index (χ4n) is 8.44. The van der Waals surface area contributed by atoms with Crippen LogP contribution in [-0.2, 0) is 29.4 Å². The summed E-state index contributed by atoms with van der Waals surface area (Å²) in [7, 11) is -9.80. The van der Waals surface area contributed by atoms with Crippen LogP contribution in [0.3, 0.4) is 0 Å². The van der Waals surface area contributed by atoms with Gasteiger partial charge in [0.2, 0.25) is 0 Å². The average Bonchev–Trinajstić information content (AvgIpc) is 3.23. The molecule has 8 nitrogen and oxygen atoms in total. The maximum atomic E-state index is 14.4. The lowest BCUT2D eigenvalue weighted by molar-refractivity contribution is 0.0815. The second kappa shape index (κ2) is 12.9. The van der Waals surface area contributed by atoms with Gasteiger partial charge in [0.05, 0.1) is 0 Å². The van der Waals surface area contributed by atoms with E-state index in [0.29, 0.717) is 55.3 Å². The summed E-state index contributed by atoms with van der Waals surface area (Å²) in [6.07, 6.45) is 0. The van der Waals surface area contributed by atoms with E-state index in [1.54, 1.807) is 0 Å². The highest BCUT2D eigenvalue weighted by molar-refractivity contribution is 7.48. The van der Waals surface area contributed by atoms with Gasteiger partial charge in [-0.1, -0.05) is 170 Å². The van der Waals surface area contributed by atoms with Crippen LogP contribution < -0.4 is 9.05 Å². The molecule has 0 amide bonds. The minimum absolute atomic E-state index is 0.0694. The van der Waals surface area contributed by atoms with Gasteiger partial charge in [-0.05, 0) is 55.9 Å². The first kappa shape index (κ1) is 34.7. The third-order valence-electron chi connectivity index (χ3n) is 10.7. The smallest absolute Gasteiger partial charge is 0.403 e. The van der Waals surface area contributed by atoms with E-state index in [9.17, 15) is 18.9 Å². The van der Waals surface area contributed by atoms with Gasteiger partial charge in [0.25, 0.3) is 0 Å². The number of phosphoric ester groups is 2. The molecule has 0 saturated heterocycles. The normalized spacial score (nSPS) is 20.7. The molecule has 0 bridgehead atoms. The van der Waals surface area contributed by atoms with E-state index >= 15 is 0 Å². The molecule has 2 N–H and O–H groups in total. The zero-order chi connectivity index (χ0) is 38.1. The Bertz CT molecular complexity index is 2620. The number of phosphoric acid groups is 2. The van der Waals surface area contributed by atoms with E-state index in [-0.39, 0.29) is 11.5 Å². The van der Waals surface area contributed by atoms with Crippen LogP contribution in [0.2, 0.25) is 0 Å². The maximum absolute atomic E-state index is 14.4. The largest absolute Gasteiger partial charge is 0.529 e. The molecule has 0 saturated carbocycles. The van der Waals surface area contributed by atoms with Crippen LogP contribution in [-0.4, -0.2) is 9.79 Å². The average molecular weight is 775 g/mol. The molecule has 2 aliphatic heterocycles. The minimum atomic E-state index is -4.90. The van der Waals surface area contributed by atoms with E-state index in [2.05, 4.69) is 0 Å². The summed E-state index contributed by atoms with van der Waals surface area (Å²) in [5.74, 6) is 0.139. The first-order valence-electron chi connectivity index (χ1n) is 18.0. The molecule has 10 rings (SSSR count). The third-order valence-corrected chi connectivity index (χ3v) is 12.5. The zero-order valence-corrected chi connectivity index (χ0v) is 31.3. The van der Waals surface area contributed by atoms with Crippen molar-refractivity contribution >= 4 is 37.2 Å². The van der Waals surface area contributed by atoms with Crippen LogP contribution in [0.15, 0.2) is 182 Å². The van der Waals surface area contributed by atoms with Gasteiger partial charge in [-0.15, -0.1) is 0 Å². The van der Waals surface area contributed by atoms with Gasteiger partial charge in [0, 0.05) is 22.3 Å². The second-order valence-corrected chi connectivity index (χ2v) is 16.4. The van der Waals surface area contributed by atoms with Crippen molar-refractivity contribution in [2.75, 3.05) is 0 Å². The molecule has 8 aromatic rings. The van der Waals surface area contributed by atoms with Crippen molar-refractivity contribution in [1.29, 1.82) is 0 Å². The van der Waals surface area contributed by atoms with Gasteiger partial charge in [0.15, 0.2) is 11.2 Å². The zero-order valence-electron chi connectivity index (χ0n) is 29.6. The minimum Gasteiger partial charge on any atom is -0.403 e. The summed E-state index contributed by atoms with van der Waals surface area (Å²) >= 11 is 0. The molecule has 56 heavy (non-hydrogen) atoms. The molecule has 274 valence electrons. The molecule has 0 aromatic heterocycles. The topological polar surface area (TPSA) is 112 Å². The Morgan fingerprint density at radius 3 is 1.00 bits per heavy atom. The van der Waals surface area contributed by atoms with Crippen LogP contribution in [0.25, 0.3) is 32.7 Å². The van der Waals surface area contributed by atoms with Crippen LogP contribution in [0.4, 0.5) is 0 Å². The third kappa shape index (κ3) is 5.31. The fourth-order valence-corrected chi connectivity index (χ4v) is 10.7. The van der Waals surface area contributed by atoms with Gasteiger partial charge in [-0.2, -0.15) is 0 Å². The highest BCUT2D eigenvalue weighted by atomic mass is 31.2. The van der Waals surface area contributed by atoms with E-state index < -0.39 is 26.8 Å². The highest BCUT2D eigenvalue weighted by Gasteiger charge is 2.55. The van der Waals surface area contributed by atoms with Crippen LogP contribution in [0.1, 0.15) is 33.4 Å². The van der Waals surface area contributed by atoms with Gasteiger partial charge >= 0.3 is 15.6 Å². The quantitative estimate of drug-likeness (QED) is 0.166. The van der Waals surface area contributed by atoms with Crippen LogP contribution in [0, 0.1) is 0 Å². The molecule has 2 aliphatic rings. The number of rotatable bonds is 5. The predicted octanol–water partition coefficient (Wildman–Crippen LogP) is 11.3. The number of benzene rings is 8. The molecule has 2 unspecified atom stereocenters. The van der Waals surface area contributed by atoms with Crippen molar-refractivity contribution in [3.63, 3.8) is 0 Å². The molecule has 0 spiro atoms.